The molecule has 5 rings (SSSR count). The van der Waals surface area contributed by atoms with E-state index in [1.54, 1.807) is 35.9 Å². The molecule has 40 heavy (non-hydrogen) atoms. The Morgan fingerprint density at radius 2 is 1.90 bits per heavy atom. The molecule has 0 spiro atoms. The summed E-state index contributed by atoms with van der Waals surface area (Å²) in [6.07, 6.45) is -3.66. The van der Waals surface area contributed by atoms with E-state index in [0.29, 0.717) is 28.1 Å². The predicted octanol–water partition coefficient (Wildman–Crippen LogP) is 4.45. The number of anilines is 2. The highest BCUT2D eigenvalue weighted by Crippen LogP contribution is 2.40. The Morgan fingerprint density at radius 1 is 1.10 bits per heavy atom. The number of alkyl halides is 3. The first-order valence-corrected chi connectivity index (χ1v) is 11.7. The lowest BCUT2D eigenvalue weighted by molar-refractivity contribution is -0.138. The van der Waals surface area contributed by atoms with Crippen LogP contribution in [0.25, 0.3) is 22.5 Å². The van der Waals surface area contributed by atoms with E-state index in [0.717, 1.165) is 11.0 Å². The lowest BCUT2D eigenvalue weighted by Crippen LogP contribution is -2.25. The molecule has 0 bridgehead atoms. The average molecular weight is 542 g/mol. The highest BCUT2D eigenvalue weighted by atomic mass is 19.4. The molecule has 1 aliphatic rings. The number of halogens is 3. The van der Waals surface area contributed by atoms with Gasteiger partial charge in [0.1, 0.15) is 24.4 Å². The molecule has 10 nitrogen and oxygen atoms in total. The molecule has 0 saturated heterocycles. The number of carbonyl (C=O) groups is 2. The third-order valence-corrected chi connectivity index (χ3v) is 6.28. The number of aromatic nitrogens is 4. The Morgan fingerprint density at radius 3 is 2.58 bits per heavy atom. The summed E-state index contributed by atoms with van der Waals surface area (Å²) in [5.74, 6) is -0.997. The van der Waals surface area contributed by atoms with Crippen molar-refractivity contribution >= 4 is 23.5 Å². The lowest BCUT2D eigenvalue weighted by atomic mass is 9.97. The molecule has 13 heteroatoms. The van der Waals surface area contributed by atoms with Crippen molar-refractivity contribution in [1.82, 2.24) is 19.7 Å². The maximum Gasteiger partial charge on any atom is 0.416 e. The normalized spacial score (nSPS) is 12.6. The second kappa shape index (κ2) is 9.96. The van der Waals surface area contributed by atoms with Crippen molar-refractivity contribution < 1.29 is 22.8 Å². The topological polar surface area (TPSA) is 141 Å². The molecule has 4 aromatic rings. The minimum Gasteiger partial charge on any atom is -0.317 e. The first kappa shape index (κ1) is 26.1. The number of amides is 2. The number of pyridine rings is 1. The summed E-state index contributed by atoms with van der Waals surface area (Å²) >= 11 is 0. The van der Waals surface area contributed by atoms with Gasteiger partial charge in [-0.3, -0.25) is 14.5 Å². The molecule has 3 heterocycles. The number of hydrogen-bond donors (Lipinski definition) is 1. The summed E-state index contributed by atoms with van der Waals surface area (Å²) in [6.45, 7) is -0.403. The van der Waals surface area contributed by atoms with Gasteiger partial charge in [0.05, 0.1) is 29.8 Å². The van der Waals surface area contributed by atoms with E-state index < -0.39 is 36.5 Å². The van der Waals surface area contributed by atoms with Crippen LogP contribution in [0.15, 0.2) is 54.9 Å². The molecular formula is C27H17F3N8O2. The van der Waals surface area contributed by atoms with Gasteiger partial charge in [-0.15, -0.1) is 10.2 Å². The van der Waals surface area contributed by atoms with Crippen LogP contribution < -0.4 is 10.2 Å². The van der Waals surface area contributed by atoms with Gasteiger partial charge >= 0.3 is 6.18 Å². The van der Waals surface area contributed by atoms with Crippen LogP contribution in [0.2, 0.25) is 0 Å². The van der Waals surface area contributed by atoms with Gasteiger partial charge < -0.3 is 9.88 Å². The van der Waals surface area contributed by atoms with Crippen molar-refractivity contribution in [2.75, 3.05) is 10.2 Å². The number of nitriles is 2. The van der Waals surface area contributed by atoms with Crippen molar-refractivity contribution in [3.05, 3.63) is 77.1 Å². The predicted molar refractivity (Wildman–Crippen MR) is 135 cm³/mol. The molecule has 0 unspecified atom stereocenters. The van der Waals surface area contributed by atoms with Gasteiger partial charge in [-0.1, -0.05) is 6.07 Å². The second-order valence-electron chi connectivity index (χ2n) is 8.84. The van der Waals surface area contributed by atoms with Crippen molar-refractivity contribution in [3.63, 3.8) is 0 Å². The molecule has 2 aromatic carbocycles. The molecule has 2 amide bonds. The highest BCUT2D eigenvalue weighted by Gasteiger charge is 2.40. The summed E-state index contributed by atoms with van der Waals surface area (Å²) < 4.78 is 42.7. The van der Waals surface area contributed by atoms with Crippen LogP contribution in [0.1, 0.15) is 33.5 Å². The number of nitrogens with one attached hydrogen (secondary N) is 1. The van der Waals surface area contributed by atoms with Crippen molar-refractivity contribution in [3.8, 4) is 34.7 Å². The summed E-state index contributed by atoms with van der Waals surface area (Å²) in [4.78, 5) is 30.9. The Labute approximate surface area is 224 Å². The minimum absolute atomic E-state index is 0.0367. The lowest BCUT2D eigenvalue weighted by Gasteiger charge is -2.19. The van der Waals surface area contributed by atoms with Crippen LogP contribution in [-0.4, -0.2) is 31.6 Å². The Bertz CT molecular complexity index is 1760. The molecule has 1 N–H and O–H groups in total. The number of carbonyl (C=O) groups excluding carboxylic acids is 2. The summed E-state index contributed by atoms with van der Waals surface area (Å²) in [5, 5.41) is 29.0. The molecule has 0 atom stereocenters. The van der Waals surface area contributed by atoms with Crippen molar-refractivity contribution in [2.24, 2.45) is 7.05 Å². The standard InChI is InChI=1S/C27H17F3N8O2/c1-37-14-33-36-25(37)17-6-5-15(12-32)9-19(17)16-10-22(35-24(39)7-8-31)34-23(11-16)38-13-20-18(26(38)40)3-2-4-21(20)27(28,29)30/h2-6,9-11,14H,7,13H2,1H3,(H,34,35,39). The molecule has 1 aliphatic heterocycles. The van der Waals surface area contributed by atoms with E-state index >= 15 is 0 Å². The third-order valence-electron chi connectivity index (χ3n) is 6.28. The average Bonchev–Trinajstić information content (AvgIpc) is 3.50. The molecule has 2 aromatic heterocycles. The zero-order valence-electron chi connectivity index (χ0n) is 20.7. The van der Waals surface area contributed by atoms with Gasteiger partial charge in [0.2, 0.25) is 5.91 Å². The van der Waals surface area contributed by atoms with Gasteiger partial charge in [-0.2, -0.15) is 23.7 Å². The van der Waals surface area contributed by atoms with E-state index in [2.05, 4.69) is 26.6 Å². The maximum atomic E-state index is 13.7. The van der Waals surface area contributed by atoms with Crippen LogP contribution in [0.4, 0.5) is 24.8 Å². The van der Waals surface area contributed by atoms with Crippen molar-refractivity contribution in [1.29, 1.82) is 10.5 Å². The van der Waals surface area contributed by atoms with E-state index in [4.69, 9.17) is 5.26 Å². The van der Waals surface area contributed by atoms with Crippen LogP contribution in [0.3, 0.4) is 0 Å². The van der Waals surface area contributed by atoms with E-state index in [-0.39, 0.29) is 22.8 Å². The Balaban J connectivity index is 1.68. The fraction of sp³-hybridized carbons (Fsp3) is 0.148. The first-order chi connectivity index (χ1) is 19.1. The Kier molecular flexibility index (Phi) is 6.49. The summed E-state index contributed by atoms with van der Waals surface area (Å²) in [6, 6.07) is 15.0. The SMILES string of the molecule is Cn1cnnc1-c1ccc(C#N)cc1-c1cc(NC(=O)CC#N)nc(N2Cc3c(cccc3C(F)(F)F)C2=O)c1. The number of nitrogens with zero attached hydrogens (tertiary/aromatic N) is 7. The van der Waals surface area contributed by atoms with Crippen molar-refractivity contribution in [2.45, 2.75) is 19.1 Å². The Hall–Kier alpha value is -5.56. The zero-order chi connectivity index (χ0) is 28.6. The van der Waals surface area contributed by atoms with Gasteiger partial charge in [-0.05, 0) is 59.2 Å². The molecular weight excluding hydrogens is 525 g/mol. The van der Waals surface area contributed by atoms with Crippen LogP contribution >= 0.6 is 0 Å². The van der Waals surface area contributed by atoms with E-state index in [9.17, 15) is 28.0 Å². The van der Waals surface area contributed by atoms with E-state index in [1.807, 2.05) is 0 Å². The number of fused-ring (bicyclic) bond motifs is 1. The van der Waals surface area contributed by atoms with Gasteiger partial charge in [0, 0.05) is 18.2 Å². The smallest absolute Gasteiger partial charge is 0.317 e. The third kappa shape index (κ3) is 4.72. The molecule has 0 saturated carbocycles. The fourth-order valence-electron chi connectivity index (χ4n) is 4.49. The van der Waals surface area contributed by atoms with E-state index in [1.165, 1.54) is 30.6 Å². The summed E-state index contributed by atoms with van der Waals surface area (Å²) in [5.41, 5.74) is 0.485. The maximum absolute atomic E-state index is 13.7. The first-order valence-electron chi connectivity index (χ1n) is 11.7. The number of aryl methyl sites for hydroxylation is 1. The molecule has 0 aliphatic carbocycles. The number of benzene rings is 2. The minimum atomic E-state index is -4.67. The van der Waals surface area contributed by atoms with Crippen LogP contribution in [-0.2, 0) is 24.6 Å². The van der Waals surface area contributed by atoms with Gasteiger partial charge in [-0.25, -0.2) is 4.98 Å². The number of hydrogen-bond acceptors (Lipinski definition) is 7. The zero-order valence-corrected chi connectivity index (χ0v) is 20.7. The molecule has 0 radical (unpaired) electrons. The van der Waals surface area contributed by atoms with Gasteiger partial charge in [0.25, 0.3) is 5.91 Å². The van der Waals surface area contributed by atoms with Crippen LogP contribution in [0.5, 0.6) is 0 Å². The molecule has 0 fully saturated rings. The van der Waals surface area contributed by atoms with Crippen LogP contribution in [0, 0.1) is 22.7 Å². The highest BCUT2D eigenvalue weighted by molar-refractivity contribution is 6.10. The fourth-order valence-corrected chi connectivity index (χ4v) is 4.49. The van der Waals surface area contributed by atoms with Gasteiger partial charge in [0.15, 0.2) is 5.82 Å². The quantitative estimate of drug-likeness (QED) is 0.393. The second-order valence-corrected chi connectivity index (χ2v) is 8.84. The number of rotatable bonds is 5. The summed E-state index contributed by atoms with van der Waals surface area (Å²) in [7, 11) is 1.72. The largest absolute Gasteiger partial charge is 0.416 e. The monoisotopic (exact) mass is 542 g/mol. The molecule has 198 valence electrons.